The van der Waals surface area contributed by atoms with Crippen molar-refractivity contribution in [1.29, 1.82) is 0 Å². The lowest BCUT2D eigenvalue weighted by Gasteiger charge is -2.25. The van der Waals surface area contributed by atoms with E-state index in [1.807, 2.05) is 6.92 Å². The number of nitrogens with zero attached hydrogens (tertiary/aromatic N) is 1. The van der Waals surface area contributed by atoms with Crippen molar-refractivity contribution in [3.63, 3.8) is 0 Å². The molecular formula is C11H25ClN2O3. The number of rotatable bonds is 9. The molecule has 0 aromatic rings. The van der Waals surface area contributed by atoms with Gasteiger partial charge in [0.2, 0.25) is 5.91 Å². The number of ether oxygens (including phenoxy) is 2. The van der Waals surface area contributed by atoms with Crippen LogP contribution < -0.4 is 5.73 Å². The molecule has 0 saturated heterocycles. The summed E-state index contributed by atoms with van der Waals surface area (Å²) in [7, 11) is 3.29. The fourth-order valence-electron chi connectivity index (χ4n) is 1.35. The molecule has 0 rings (SSSR count). The van der Waals surface area contributed by atoms with E-state index in [1.165, 1.54) is 0 Å². The standard InChI is InChI=1S/C11H24N2O3.ClH/c1-10(9-12)11(14)13(6-8-16-3)5-4-7-15-2;/h10H,4-9,12H2,1-3H3;1H. The third-order valence-electron chi connectivity index (χ3n) is 2.43. The predicted octanol–water partition coefficient (Wildman–Crippen LogP) is 0.515. The van der Waals surface area contributed by atoms with Crippen LogP contribution in [0.4, 0.5) is 0 Å². The maximum absolute atomic E-state index is 11.9. The van der Waals surface area contributed by atoms with E-state index in [0.717, 1.165) is 6.42 Å². The zero-order valence-electron chi connectivity index (χ0n) is 11.0. The average molecular weight is 269 g/mol. The molecule has 5 nitrogen and oxygen atoms in total. The first-order valence-electron chi connectivity index (χ1n) is 5.64. The third-order valence-corrected chi connectivity index (χ3v) is 2.43. The Morgan fingerprint density at radius 3 is 2.29 bits per heavy atom. The topological polar surface area (TPSA) is 64.8 Å². The lowest BCUT2D eigenvalue weighted by molar-refractivity contribution is -0.135. The number of hydrogen-bond acceptors (Lipinski definition) is 4. The zero-order valence-corrected chi connectivity index (χ0v) is 11.8. The van der Waals surface area contributed by atoms with Gasteiger partial charge in [0.05, 0.1) is 6.61 Å². The Labute approximate surface area is 110 Å². The molecule has 0 bridgehead atoms. The van der Waals surface area contributed by atoms with E-state index in [2.05, 4.69) is 0 Å². The SMILES string of the molecule is COCCCN(CCOC)C(=O)C(C)CN.Cl. The fourth-order valence-corrected chi connectivity index (χ4v) is 1.35. The summed E-state index contributed by atoms with van der Waals surface area (Å²) in [6.45, 7) is 4.75. The first-order valence-corrected chi connectivity index (χ1v) is 5.64. The number of methoxy groups -OCH3 is 2. The summed E-state index contributed by atoms with van der Waals surface area (Å²) in [4.78, 5) is 13.7. The molecule has 0 aromatic carbocycles. The van der Waals surface area contributed by atoms with Crippen molar-refractivity contribution in [1.82, 2.24) is 4.90 Å². The van der Waals surface area contributed by atoms with Crippen LogP contribution in [-0.4, -0.2) is 57.9 Å². The highest BCUT2D eigenvalue weighted by Gasteiger charge is 2.18. The van der Waals surface area contributed by atoms with E-state index in [0.29, 0.717) is 32.8 Å². The zero-order chi connectivity index (χ0) is 12.4. The summed E-state index contributed by atoms with van der Waals surface area (Å²) < 4.78 is 9.96. The smallest absolute Gasteiger partial charge is 0.226 e. The van der Waals surface area contributed by atoms with Gasteiger partial charge in [0.15, 0.2) is 0 Å². The van der Waals surface area contributed by atoms with Gasteiger partial charge in [0.25, 0.3) is 0 Å². The lowest BCUT2D eigenvalue weighted by atomic mass is 10.1. The number of halogens is 1. The Hall–Kier alpha value is -0.360. The van der Waals surface area contributed by atoms with Crippen LogP contribution in [0.15, 0.2) is 0 Å². The second-order valence-corrected chi connectivity index (χ2v) is 3.80. The number of amides is 1. The van der Waals surface area contributed by atoms with Crippen molar-refractivity contribution < 1.29 is 14.3 Å². The Kier molecular flexibility index (Phi) is 13.5. The molecule has 0 radical (unpaired) electrons. The molecule has 0 heterocycles. The largest absolute Gasteiger partial charge is 0.385 e. The molecule has 0 aliphatic heterocycles. The molecule has 6 heteroatoms. The van der Waals surface area contributed by atoms with Gasteiger partial charge < -0.3 is 20.1 Å². The minimum atomic E-state index is -0.126. The Morgan fingerprint density at radius 2 is 1.82 bits per heavy atom. The Balaban J connectivity index is 0. The first-order chi connectivity index (χ1) is 7.67. The molecule has 0 fully saturated rings. The molecule has 1 amide bonds. The summed E-state index contributed by atoms with van der Waals surface area (Å²) in [5.41, 5.74) is 5.49. The molecule has 0 aliphatic carbocycles. The van der Waals surface area contributed by atoms with Crippen molar-refractivity contribution in [2.24, 2.45) is 11.7 Å². The molecule has 17 heavy (non-hydrogen) atoms. The quantitative estimate of drug-likeness (QED) is 0.619. The van der Waals surface area contributed by atoms with Crippen LogP contribution in [0.25, 0.3) is 0 Å². The molecule has 0 aromatic heterocycles. The summed E-state index contributed by atoms with van der Waals surface area (Å²) in [6.07, 6.45) is 0.837. The van der Waals surface area contributed by atoms with Gasteiger partial charge >= 0.3 is 0 Å². The van der Waals surface area contributed by atoms with Crippen LogP contribution in [0, 0.1) is 5.92 Å². The van der Waals surface area contributed by atoms with Crippen LogP contribution in [0.3, 0.4) is 0 Å². The molecule has 1 atom stereocenters. The van der Waals surface area contributed by atoms with Gasteiger partial charge in [-0.25, -0.2) is 0 Å². The minimum Gasteiger partial charge on any atom is -0.385 e. The predicted molar refractivity (Wildman–Crippen MR) is 70.4 cm³/mol. The van der Waals surface area contributed by atoms with E-state index >= 15 is 0 Å². The Morgan fingerprint density at radius 1 is 1.24 bits per heavy atom. The van der Waals surface area contributed by atoms with Gasteiger partial charge in [0.1, 0.15) is 0 Å². The second-order valence-electron chi connectivity index (χ2n) is 3.80. The number of carbonyl (C=O) groups is 1. The highest BCUT2D eigenvalue weighted by Crippen LogP contribution is 2.02. The molecule has 1 unspecified atom stereocenters. The van der Waals surface area contributed by atoms with Crippen LogP contribution in [0.2, 0.25) is 0 Å². The van der Waals surface area contributed by atoms with Gasteiger partial charge in [-0.3, -0.25) is 4.79 Å². The molecule has 2 N–H and O–H groups in total. The molecule has 104 valence electrons. The summed E-state index contributed by atoms with van der Waals surface area (Å²) >= 11 is 0. The van der Waals surface area contributed by atoms with Crippen molar-refractivity contribution in [2.45, 2.75) is 13.3 Å². The molecule has 0 spiro atoms. The normalized spacial score (nSPS) is 11.8. The van der Waals surface area contributed by atoms with E-state index < -0.39 is 0 Å². The Bertz CT molecular complexity index is 194. The number of carbonyl (C=O) groups excluding carboxylic acids is 1. The third kappa shape index (κ3) is 8.37. The summed E-state index contributed by atoms with van der Waals surface area (Å²) in [5, 5.41) is 0. The van der Waals surface area contributed by atoms with E-state index in [-0.39, 0.29) is 24.2 Å². The highest BCUT2D eigenvalue weighted by molar-refractivity contribution is 5.85. The molecule has 0 aliphatic rings. The monoisotopic (exact) mass is 268 g/mol. The van der Waals surface area contributed by atoms with Crippen LogP contribution in [-0.2, 0) is 14.3 Å². The van der Waals surface area contributed by atoms with Gasteiger partial charge in [-0.2, -0.15) is 0 Å². The van der Waals surface area contributed by atoms with E-state index in [4.69, 9.17) is 15.2 Å². The van der Waals surface area contributed by atoms with Crippen LogP contribution >= 0.6 is 12.4 Å². The van der Waals surface area contributed by atoms with E-state index in [1.54, 1.807) is 19.1 Å². The highest BCUT2D eigenvalue weighted by atomic mass is 35.5. The van der Waals surface area contributed by atoms with E-state index in [9.17, 15) is 4.79 Å². The molecular weight excluding hydrogens is 244 g/mol. The number of nitrogens with two attached hydrogens (primary N) is 1. The summed E-state index contributed by atoms with van der Waals surface area (Å²) in [5.74, 6) is -0.0324. The average Bonchev–Trinajstić information content (AvgIpc) is 2.31. The van der Waals surface area contributed by atoms with Gasteiger partial charge in [-0.05, 0) is 6.42 Å². The maximum Gasteiger partial charge on any atom is 0.226 e. The molecule has 0 saturated carbocycles. The maximum atomic E-state index is 11.9. The minimum absolute atomic E-state index is 0. The van der Waals surface area contributed by atoms with Crippen molar-refractivity contribution in [3.05, 3.63) is 0 Å². The fraction of sp³-hybridized carbons (Fsp3) is 0.909. The van der Waals surface area contributed by atoms with Crippen LogP contribution in [0.1, 0.15) is 13.3 Å². The number of hydrogen-bond donors (Lipinski definition) is 1. The van der Waals surface area contributed by atoms with Crippen molar-refractivity contribution in [3.8, 4) is 0 Å². The van der Waals surface area contributed by atoms with Gasteiger partial charge in [-0.1, -0.05) is 6.92 Å². The van der Waals surface area contributed by atoms with Gasteiger partial charge in [-0.15, -0.1) is 12.4 Å². The first kappa shape index (κ1) is 19.0. The van der Waals surface area contributed by atoms with Crippen LogP contribution in [0.5, 0.6) is 0 Å². The van der Waals surface area contributed by atoms with Crippen molar-refractivity contribution >= 4 is 18.3 Å². The van der Waals surface area contributed by atoms with Gasteiger partial charge in [0, 0.05) is 46.4 Å². The summed E-state index contributed by atoms with van der Waals surface area (Å²) in [6, 6.07) is 0. The second kappa shape index (κ2) is 12.1. The van der Waals surface area contributed by atoms with Crippen molar-refractivity contribution in [2.75, 3.05) is 47.1 Å². The lowest BCUT2D eigenvalue weighted by Crippen LogP contribution is -2.40.